The van der Waals surface area contributed by atoms with E-state index in [0.717, 1.165) is 17.7 Å². The summed E-state index contributed by atoms with van der Waals surface area (Å²) in [6, 6.07) is 3.62. The lowest BCUT2D eigenvalue weighted by atomic mass is 10.3. The van der Waals surface area contributed by atoms with Crippen LogP contribution in [0.15, 0.2) is 16.3 Å². The van der Waals surface area contributed by atoms with Gasteiger partial charge in [-0.15, -0.1) is 11.3 Å². The molecule has 4 nitrogen and oxygen atoms in total. The van der Waals surface area contributed by atoms with E-state index in [4.69, 9.17) is 5.73 Å². The standard InChI is InChI=1S/C10H16N2O2S2/c1-7-6-9(7)12-16(13,14)10-3-2-8(15-10)4-5-11/h2-3,7,9,12H,4-6,11H2,1H3. The fourth-order valence-electron chi connectivity index (χ4n) is 1.52. The van der Waals surface area contributed by atoms with Crippen molar-refractivity contribution in [1.29, 1.82) is 0 Å². The van der Waals surface area contributed by atoms with E-state index in [0.29, 0.717) is 16.7 Å². The molecule has 90 valence electrons. The van der Waals surface area contributed by atoms with Gasteiger partial charge in [0.2, 0.25) is 10.0 Å². The monoisotopic (exact) mass is 260 g/mol. The molecule has 0 radical (unpaired) electrons. The van der Waals surface area contributed by atoms with E-state index in [1.54, 1.807) is 6.07 Å². The Morgan fingerprint density at radius 3 is 2.81 bits per heavy atom. The van der Waals surface area contributed by atoms with Crippen molar-refractivity contribution < 1.29 is 8.42 Å². The molecular weight excluding hydrogens is 244 g/mol. The molecule has 0 bridgehead atoms. The maximum atomic E-state index is 11.9. The molecule has 1 heterocycles. The van der Waals surface area contributed by atoms with Gasteiger partial charge in [0.1, 0.15) is 4.21 Å². The van der Waals surface area contributed by atoms with E-state index in [-0.39, 0.29) is 6.04 Å². The van der Waals surface area contributed by atoms with Crippen molar-refractivity contribution in [2.45, 2.75) is 30.0 Å². The molecule has 6 heteroatoms. The summed E-state index contributed by atoms with van der Waals surface area (Å²) in [7, 11) is -3.30. The van der Waals surface area contributed by atoms with Gasteiger partial charge in [0, 0.05) is 10.9 Å². The van der Waals surface area contributed by atoms with Crippen LogP contribution in [0.2, 0.25) is 0 Å². The third-order valence-electron chi connectivity index (χ3n) is 2.71. The largest absolute Gasteiger partial charge is 0.330 e. The van der Waals surface area contributed by atoms with E-state index < -0.39 is 10.0 Å². The second-order valence-corrected chi connectivity index (χ2v) is 7.31. The summed E-state index contributed by atoms with van der Waals surface area (Å²) in [6.07, 6.45) is 1.68. The van der Waals surface area contributed by atoms with Crippen LogP contribution in [-0.4, -0.2) is 21.0 Å². The molecule has 0 saturated heterocycles. The normalized spacial score (nSPS) is 24.6. The molecule has 1 aliphatic carbocycles. The third kappa shape index (κ3) is 2.63. The highest BCUT2D eigenvalue weighted by atomic mass is 32.2. The minimum absolute atomic E-state index is 0.130. The molecule has 2 unspecified atom stereocenters. The van der Waals surface area contributed by atoms with Crippen LogP contribution >= 0.6 is 11.3 Å². The highest BCUT2D eigenvalue weighted by Crippen LogP contribution is 2.31. The Kier molecular flexibility index (Phi) is 3.34. The number of hydrogen-bond donors (Lipinski definition) is 2. The zero-order valence-corrected chi connectivity index (χ0v) is 10.8. The zero-order valence-electron chi connectivity index (χ0n) is 9.14. The minimum atomic E-state index is -3.30. The third-order valence-corrected chi connectivity index (χ3v) is 5.84. The number of rotatable bonds is 5. The first-order valence-corrected chi connectivity index (χ1v) is 7.64. The van der Waals surface area contributed by atoms with Gasteiger partial charge in [-0.25, -0.2) is 13.1 Å². The van der Waals surface area contributed by atoms with Gasteiger partial charge < -0.3 is 5.73 Å². The molecule has 1 aromatic heterocycles. The molecule has 0 aromatic carbocycles. The van der Waals surface area contributed by atoms with Crippen LogP contribution in [0, 0.1) is 5.92 Å². The summed E-state index contributed by atoms with van der Waals surface area (Å²) in [5, 5.41) is 0. The number of sulfonamides is 1. The average Bonchev–Trinajstić information content (AvgIpc) is 2.71. The SMILES string of the molecule is CC1CC1NS(=O)(=O)c1ccc(CCN)s1. The van der Waals surface area contributed by atoms with Crippen LogP contribution in [0.4, 0.5) is 0 Å². The molecule has 1 fully saturated rings. The maximum Gasteiger partial charge on any atom is 0.250 e. The summed E-state index contributed by atoms with van der Waals surface area (Å²) in [4.78, 5) is 1.02. The van der Waals surface area contributed by atoms with Crippen molar-refractivity contribution in [2.75, 3.05) is 6.54 Å². The van der Waals surface area contributed by atoms with Crippen LogP contribution in [0.1, 0.15) is 18.2 Å². The lowest BCUT2D eigenvalue weighted by Crippen LogP contribution is -2.26. The Hall–Kier alpha value is -0.430. The number of nitrogens with one attached hydrogen (secondary N) is 1. The molecule has 2 atom stereocenters. The van der Waals surface area contributed by atoms with Crippen LogP contribution in [0.3, 0.4) is 0 Å². The predicted octanol–water partition coefficient (Wildman–Crippen LogP) is 0.936. The van der Waals surface area contributed by atoms with Crippen LogP contribution in [0.25, 0.3) is 0 Å². The fraction of sp³-hybridized carbons (Fsp3) is 0.600. The van der Waals surface area contributed by atoms with Gasteiger partial charge in [0.15, 0.2) is 0 Å². The fourth-order valence-corrected chi connectivity index (χ4v) is 4.27. The van der Waals surface area contributed by atoms with Gasteiger partial charge in [0.25, 0.3) is 0 Å². The lowest BCUT2D eigenvalue weighted by molar-refractivity contribution is 0.580. The highest BCUT2D eigenvalue weighted by molar-refractivity contribution is 7.91. The van der Waals surface area contributed by atoms with Crippen LogP contribution in [0.5, 0.6) is 0 Å². The molecule has 0 amide bonds. The molecule has 0 aliphatic heterocycles. The van der Waals surface area contributed by atoms with Crippen molar-refractivity contribution >= 4 is 21.4 Å². The summed E-state index contributed by atoms with van der Waals surface area (Å²) in [5.74, 6) is 0.471. The van der Waals surface area contributed by atoms with Gasteiger partial charge in [-0.3, -0.25) is 0 Å². The van der Waals surface area contributed by atoms with E-state index in [1.807, 2.05) is 13.0 Å². The Morgan fingerprint density at radius 2 is 2.25 bits per heavy atom. The Balaban J connectivity index is 2.09. The number of nitrogens with two attached hydrogens (primary N) is 1. The Morgan fingerprint density at radius 1 is 1.56 bits per heavy atom. The molecule has 16 heavy (non-hydrogen) atoms. The molecule has 1 saturated carbocycles. The maximum absolute atomic E-state index is 11.9. The first-order valence-electron chi connectivity index (χ1n) is 5.34. The topological polar surface area (TPSA) is 72.2 Å². The average molecular weight is 260 g/mol. The van der Waals surface area contributed by atoms with Crippen molar-refractivity contribution in [3.8, 4) is 0 Å². The number of hydrogen-bond acceptors (Lipinski definition) is 4. The second kappa shape index (κ2) is 4.44. The van der Waals surface area contributed by atoms with Gasteiger partial charge >= 0.3 is 0 Å². The summed E-state index contributed by atoms with van der Waals surface area (Å²) >= 11 is 1.30. The second-order valence-electron chi connectivity index (χ2n) is 4.20. The van der Waals surface area contributed by atoms with Crippen molar-refractivity contribution in [3.05, 3.63) is 17.0 Å². The quantitative estimate of drug-likeness (QED) is 0.827. The van der Waals surface area contributed by atoms with E-state index in [1.165, 1.54) is 11.3 Å². The summed E-state index contributed by atoms with van der Waals surface area (Å²) in [6.45, 7) is 2.59. The molecule has 3 N–H and O–H groups in total. The van der Waals surface area contributed by atoms with Crippen molar-refractivity contribution in [1.82, 2.24) is 4.72 Å². The van der Waals surface area contributed by atoms with Gasteiger partial charge in [0.05, 0.1) is 0 Å². The van der Waals surface area contributed by atoms with Gasteiger partial charge in [-0.2, -0.15) is 0 Å². The molecule has 1 aliphatic rings. The molecule has 2 rings (SSSR count). The zero-order chi connectivity index (χ0) is 11.8. The lowest BCUT2D eigenvalue weighted by Gasteiger charge is -2.02. The Bertz CT molecular complexity index is 467. The van der Waals surface area contributed by atoms with Gasteiger partial charge in [-0.1, -0.05) is 6.92 Å². The first kappa shape index (κ1) is 12.0. The van der Waals surface area contributed by atoms with Gasteiger partial charge in [-0.05, 0) is 37.4 Å². The summed E-state index contributed by atoms with van der Waals surface area (Å²) < 4.78 is 26.9. The van der Waals surface area contributed by atoms with E-state index in [2.05, 4.69) is 4.72 Å². The van der Waals surface area contributed by atoms with E-state index in [9.17, 15) is 8.42 Å². The summed E-state index contributed by atoms with van der Waals surface area (Å²) in [5.41, 5.74) is 5.43. The highest BCUT2D eigenvalue weighted by Gasteiger charge is 2.36. The smallest absolute Gasteiger partial charge is 0.250 e. The first-order chi connectivity index (χ1) is 7.53. The van der Waals surface area contributed by atoms with Crippen LogP contribution in [-0.2, 0) is 16.4 Å². The van der Waals surface area contributed by atoms with Crippen molar-refractivity contribution in [2.24, 2.45) is 11.7 Å². The molecule has 0 spiro atoms. The van der Waals surface area contributed by atoms with Crippen molar-refractivity contribution in [3.63, 3.8) is 0 Å². The van der Waals surface area contributed by atoms with E-state index >= 15 is 0 Å². The predicted molar refractivity (Wildman–Crippen MR) is 65.0 cm³/mol. The van der Waals surface area contributed by atoms with Crippen LogP contribution < -0.4 is 10.5 Å². The molecule has 1 aromatic rings. The number of thiophene rings is 1. The minimum Gasteiger partial charge on any atom is -0.330 e. The molecular formula is C10H16N2O2S2. The Labute approximate surface area is 99.9 Å².